The van der Waals surface area contributed by atoms with Crippen LogP contribution in [0.2, 0.25) is 5.02 Å². The maximum absolute atomic E-state index is 8.99. The second kappa shape index (κ2) is 6.67. The number of hydrogen-bond donors (Lipinski definition) is 1. The zero-order valence-corrected chi connectivity index (χ0v) is 11.0. The first-order chi connectivity index (χ1) is 7.69. The lowest BCUT2D eigenvalue weighted by atomic mass is 10.1. The van der Waals surface area contributed by atoms with Gasteiger partial charge >= 0.3 is 0 Å². The minimum absolute atomic E-state index is 0.505. The summed E-state index contributed by atoms with van der Waals surface area (Å²) >= 11 is 7.77. The Balaban J connectivity index is 2.67. The number of nitriles is 1. The van der Waals surface area contributed by atoms with Gasteiger partial charge in [-0.1, -0.05) is 24.6 Å². The first-order valence-corrected chi connectivity index (χ1v) is 6.87. The number of anilines is 1. The first kappa shape index (κ1) is 13.2. The minimum Gasteiger partial charge on any atom is -0.384 e. The number of benzene rings is 1. The summed E-state index contributed by atoms with van der Waals surface area (Å²) in [7, 11) is 0. The van der Waals surface area contributed by atoms with Gasteiger partial charge in [-0.3, -0.25) is 0 Å². The molecule has 0 fully saturated rings. The molecule has 0 aliphatic carbocycles. The summed E-state index contributed by atoms with van der Waals surface area (Å²) in [5, 5.41) is 12.8. The molecular formula is C12H15ClN2S. The third-order valence-corrected chi connectivity index (χ3v) is 3.43. The Morgan fingerprint density at radius 2 is 2.31 bits per heavy atom. The van der Waals surface area contributed by atoms with E-state index in [1.807, 2.05) is 23.9 Å². The van der Waals surface area contributed by atoms with Gasteiger partial charge in [-0.15, -0.1) is 0 Å². The largest absolute Gasteiger partial charge is 0.384 e. The van der Waals surface area contributed by atoms with Crippen molar-refractivity contribution in [2.24, 2.45) is 5.92 Å². The molecule has 0 saturated heterocycles. The average Bonchev–Trinajstić information content (AvgIpc) is 2.27. The van der Waals surface area contributed by atoms with E-state index < -0.39 is 0 Å². The van der Waals surface area contributed by atoms with E-state index in [1.54, 1.807) is 6.07 Å². The molecule has 0 saturated carbocycles. The van der Waals surface area contributed by atoms with Crippen LogP contribution in [0.3, 0.4) is 0 Å². The van der Waals surface area contributed by atoms with E-state index >= 15 is 0 Å². The van der Waals surface area contributed by atoms with E-state index in [4.69, 9.17) is 16.9 Å². The summed E-state index contributed by atoms with van der Waals surface area (Å²) in [6.45, 7) is 3.04. The molecule has 0 amide bonds. The standard InChI is InChI=1S/C12H15ClN2S/c1-9(8-16-2)7-15-12-5-3-4-11(13)10(12)6-14/h3-5,9,15H,7-8H2,1-2H3. The third kappa shape index (κ3) is 3.62. The van der Waals surface area contributed by atoms with E-state index in [2.05, 4.69) is 24.6 Å². The molecule has 1 N–H and O–H groups in total. The maximum Gasteiger partial charge on any atom is 0.103 e. The Kier molecular flexibility index (Phi) is 5.51. The number of nitrogens with zero attached hydrogens (tertiary/aromatic N) is 1. The summed E-state index contributed by atoms with van der Waals surface area (Å²) in [6, 6.07) is 7.59. The number of rotatable bonds is 5. The van der Waals surface area contributed by atoms with Crippen molar-refractivity contribution in [3.05, 3.63) is 28.8 Å². The molecule has 0 aliphatic rings. The Bertz CT molecular complexity index is 387. The van der Waals surface area contributed by atoms with Crippen molar-refractivity contribution < 1.29 is 0 Å². The Morgan fingerprint density at radius 1 is 1.56 bits per heavy atom. The monoisotopic (exact) mass is 254 g/mol. The average molecular weight is 255 g/mol. The predicted molar refractivity (Wildman–Crippen MR) is 72.2 cm³/mol. The van der Waals surface area contributed by atoms with Crippen LogP contribution in [0.25, 0.3) is 0 Å². The van der Waals surface area contributed by atoms with E-state index in [-0.39, 0.29) is 0 Å². The quantitative estimate of drug-likeness (QED) is 0.872. The van der Waals surface area contributed by atoms with E-state index in [1.165, 1.54) is 0 Å². The van der Waals surface area contributed by atoms with Gasteiger partial charge in [0.15, 0.2) is 0 Å². The van der Waals surface area contributed by atoms with Crippen LogP contribution in [0.4, 0.5) is 5.69 Å². The van der Waals surface area contributed by atoms with Crippen molar-refractivity contribution in [1.82, 2.24) is 0 Å². The zero-order valence-electron chi connectivity index (χ0n) is 9.46. The highest BCUT2D eigenvalue weighted by Gasteiger charge is 2.07. The molecule has 0 spiro atoms. The van der Waals surface area contributed by atoms with Crippen LogP contribution >= 0.6 is 23.4 Å². The number of halogens is 1. The second-order valence-corrected chi connectivity index (χ2v) is 5.03. The molecule has 1 unspecified atom stereocenters. The van der Waals surface area contributed by atoms with Gasteiger partial charge in [0.05, 0.1) is 16.3 Å². The van der Waals surface area contributed by atoms with Crippen molar-refractivity contribution in [1.29, 1.82) is 5.26 Å². The summed E-state index contributed by atoms with van der Waals surface area (Å²) in [5.41, 5.74) is 1.35. The van der Waals surface area contributed by atoms with Crippen LogP contribution in [-0.4, -0.2) is 18.6 Å². The molecule has 1 atom stereocenters. The zero-order chi connectivity index (χ0) is 12.0. The smallest absolute Gasteiger partial charge is 0.103 e. The number of thioether (sulfide) groups is 1. The molecule has 86 valence electrons. The summed E-state index contributed by atoms with van der Waals surface area (Å²) in [4.78, 5) is 0. The van der Waals surface area contributed by atoms with Crippen molar-refractivity contribution in [2.45, 2.75) is 6.92 Å². The van der Waals surface area contributed by atoms with Crippen molar-refractivity contribution >= 4 is 29.1 Å². The van der Waals surface area contributed by atoms with E-state index in [9.17, 15) is 0 Å². The normalized spacial score (nSPS) is 11.9. The molecule has 0 aliphatic heterocycles. The summed E-state index contributed by atoms with van der Waals surface area (Å²) in [5.74, 6) is 1.68. The fourth-order valence-electron chi connectivity index (χ4n) is 1.41. The Morgan fingerprint density at radius 3 is 2.94 bits per heavy atom. The Labute approximate surface area is 106 Å². The predicted octanol–water partition coefficient (Wildman–Crippen LogP) is 3.62. The number of hydrogen-bond acceptors (Lipinski definition) is 3. The second-order valence-electron chi connectivity index (χ2n) is 3.72. The first-order valence-electron chi connectivity index (χ1n) is 5.10. The molecule has 2 nitrogen and oxygen atoms in total. The lowest BCUT2D eigenvalue weighted by molar-refractivity contribution is 0.701. The highest BCUT2D eigenvalue weighted by atomic mass is 35.5. The molecule has 0 bridgehead atoms. The molecule has 4 heteroatoms. The lowest BCUT2D eigenvalue weighted by Gasteiger charge is -2.13. The lowest BCUT2D eigenvalue weighted by Crippen LogP contribution is -2.13. The van der Waals surface area contributed by atoms with Crippen LogP contribution in [-0.2, 0) is 0 Å². The topological polar surface area (TPSA) is 35.8 Å². The molecule has 1 aromatic carbocycles. The van der Waals surface area contributed by atoms with Gasteiger partial charge in [0.25, 0.3) is 0 Å². The van der Waals surface area contributed by atoms with Crippen molar-refractivity contribution in [3.63, 3.8) is 0 Å². The molecule has 0 heterocycles. The van der Waals surface area contributed by atoms with Gasteiger partial charge in [-0.05, 0) is 30.1 Å². The maximum atomic E-state index is 8.99. The summed E-state index contributed by atoms with van der Waals surface area (Å²) in [6.07, 6.45) is 2.09. The van der Waals surface area contributed by atoms with Crippen LogP contribution in [0.5, 0.6) is 0 Å². The summed E-state index contributed by atoms with van der Waals surface area (Å²) < 4.78 is 0. The van der Waals surface area contributed by atoms with Gasteiger partial charge in [0.1, 0.15) is 6.07 Å². The molecule has 1 aromatic rings. The highest BCUT2D eigenvalue weighted by molar-refractivity contribution is 7.98. The highest BCUT2D eigenvalue weighted by Crippen LogP contribution is 2.23. The van der Waals surface area contributed by atoms with Gasteiger partial charge in [-0.25, -0.2) is 0 Å². The van der Waals surface area contributed by atoms with Crippen LogP contribution in [0.15, 0.2) is 18.2 Å². The molecule has 1 rings (SSSR count). The third-order valence-electron chi connectivity index (χ3n) is 2.22. The van der Waals surface area contributed by atoms with Crippen LogP contribution < -0.4 is 5.32 Å². The Hall–Kier alpha value is -0.850. The van der Waals surface area contributed by atoms with Crippen LogP contribution in [0, 0.1) is 17.2 Å². The van der Waals surface area contributed by atoms with Gasteiger partial charge < -0.3 is 5.32 Å². The van der Waals surface area contributed by atoms with Crippen molar-refractivity contribution in [2.75, 3.05) is 23.9 Å². The SMILES string of the molecule is CSCC(C)CNc1cccc(Cl)c1C#N. The fourth-order valence-corrected chi connectivity index (χ4v) is 2.32. The molecule has 16 heavy (non-hydrogen) atoms. The van der Waals surface area contributed by atoms with Gasteiger partial charge in [0, 0.05) is 6.54 Å². The van der Waals surface area contributed by atoms with Crippen molar-refractivity contribution in [3.8, 4) is 6.07 Å². The van der Waals surface area contributed by atoms with Crippen LogP contribution in [0.1, 0.15) is 12.5 Å². The fraction of sp³-hybridized carbons (Fsp3) is 0.417. The minimum atomic E-state index is 0.505. The van der Waals surface area contributed by atoms with E-state index in [0.29, 0.717) is 16.5 Å². The number of nitrogens with one attached hydrogen (secondary N) is 1. The molecular weight excluding hydrogens is 240 g/mol. The molecule has 0 radical (unpaired) electrons. The molecule has 0 aromatic heterocycles. The van der Waals surface area contributed by atoms with Gasteiger partial charge in [0.2, 0.25) is 0 Å². The van der Waals surface area contributed by atoms with E-state index in [0.717, 1.165) is 18.0 Å². The van der Waals surface area contributed by atoms with Gasteiger partial charge in [-0.2, -0.15) is 17.0 Å².